The zero-order valence-corrected chi connectivity index (χ0v) is 11.6. The standard InChI is InChI=1S/2C4H9N4O.Ni/c2*1-2-9-4(7)8-3(5)6;/h2*2H2,1H3,(H4-,5,6,7,8);/q2*-1;+2. The summed E-state index contributed by atoms with van der Waals surface area (Å²) >= 11 is 0. The zero-order chi connectivity index (χ0) is 14.6. The number of amidine groups is 2. The van der Waals surface area contributed by atoms with Crippen molar-refractivity contribution >= 4 is 24.0 Å². The number of aliphatic imine (C=N–C) groups is 2. The summed E-state index contributed by atoms with van der Waals surface area (Å²) in [6.45, 7) is 4.19. The van der Waals surface area contributed by atoms with Crippen LogP contribution in [0.1, 0.15) is 13.8 Å². The Morgan fingerprint density at radius 1 is 0.947 bits per heavy atom. The fourth-order valence-electron chi connectivity index (χ4n) is 0.557. The first-order valence-corrected chi connectivity index (χ1v) is 4.87. The van der Waals surface area contributed by atoms with Gasteiger partial charge in [-0.3, -0.25) is 10.8 Å². The number of rotatable bonds is 2. The molecular weight excluding hydrogens is 299 g/mol. The molecule has 11 heteroatoms. The average Bonchev–Trinajstić information content (AvgIpc) is 2.16. The molecule has 0 amide bonds. The van der Waals surface area contributed by atoms with Crippen molar-refractivity contribution in [3.63, 3.8) is 0 Å². The Labute approximate surface area is 121 Å². The van der Waals surface area contributed by atoms with Crippen LogP contribution in [0, 0.1) is 10.8 Å². The summed E-state index contributed by atoms with van der Waals surface area (Å²) in [4.78, 5) is 6.38. The van der Waals surface area contributed by atoms with E-state index >= 15 is 0 Å². The van der Waals surface area contributed by atoms with Gasteiger partial charge in [0, 0.05) is 0 Å². The molecule has 8 N–H and O–H groups in total. The molecule has 0 bridgehead atoms. The molecule has 0 aliphatic carbocycles. The maximum Gasteiger partial charge on any atom is 2.00 e. The van der Waals surface area contributed by atoms with Crippen molar-refractivity contribution in [3.05, 3.63) is 11.5 Å². The van der Waals surface area contributed by atoms with Gasteiger partial charge in [-0.1, -0.05) is 0 Å². The SMILES string of the molecule is CCO/C([NH-])=N/C(=N)N.CCO/C([NH-])=N/C(=N)N.[Ni+2]. The number of nitrogens with one attached hydrogen (secondary N) is 4. The molecule has 0 aromatic rings. The predicted molar refractivity (Wildman–Crippen MR) is 70.6 cm³/mol. The molecule has 0 aromatic carbocycles. The third-order valence-corrected chi connectivity index (χ3v) is 1.01. The Kier molecular flexibility index (Phi) is 16.4. The summed E-state index contributed by atoms with van der Waals surface area (Å²) in [5, 5.41) is 13.2. The smallest absolute Gasteiger partial charge is 0.502 e. The number of nitrogens with zero attached hydrogens (tertiary/aromatic N) is 2. The van der Waals surface area contributed by atoms with Crippen LogP contribution in [0.15, 0.2) is 9.98 Å². The molecule has 0 radical (unpaired) electrons. The quantitative estimate of drug-likeness (QED) is 0.330. The van der Waals surface area contributed by atoms with Gasteiger partial charge in [0.25, 0.3) is 0 Å². The summed E-state index contributed by atoms with van der Waals surface area (Å²) < 4.78 is 9.10. The number of nitrogens with two attached hydrogens (primary N) is 2. The third kappa shape index (κ3) is 21.8. The Hall–Kier alpha value is -2.03. The van der Waals surface area contributed by atoms with Crippen LogP contribution >= 0.6 is 0 Å². The van der Waals surface area contributed by atoms with Crippen molar-refractivity contribution in [1.29, 1.82) is 10.8 Å². The summed E-state index contributed by atoms with van der Waals surface area (Å²) in [6, 6.07) is -0.630. The van der Waals surface area contributed by atoms with E-state index in [4.69, 9.17) is 33.8 Å². The third-order valence-electron chi connectivity index (χ3n) is 1.01. The second-order valence-electron chi connectivity index (χ2n) is 2.47. The van der Waals surface area contributed by atoms with Gasteiger partial charge in [0.2, 0.25) is 0 Å². The number of ether oxygens (including phenoxy) is 2. The largest absolute Gasteiger partial charge is 2.00 e. The molecule has 0 fully saturated rings. The molecule has 0 heterocycles. The average molecular weight is 317 g/mol. The van der Waals surface area contributed by atoms with Gasteiger partial charge in [-0.05, 0) is 13.8 Å². The molecule has 0 atom stereocenters. The van der Waals surface area contributed by atoms with Crippen LogP contribution in [0.2, 0.25) is 0 Å². The van der Waals surface area contributed by atoms with Crippen LogP contribution in [0.5, 0.6) is 0 Å². The molecule has 19 heavy (non-hydrogen) atoms. The van der Waals surface area contributed by atoms with Crippen LogP contribution in [-0.2, 0) is 26.0 Å². The molecule has 0 unspecified atom stereocenters. The number of guanidine groups is 2. The summed E-state index contributed by atoms with van der Waals surface area (Å²) in [5.74, 6) is -0.818. The molecule has 0 rings (SSSR count). The monoisotopic (exact) mass is 316 g/mol. The van der Waals surface area contributed by atoms with Gasteiger partial charge >= 0.3 is 16.5 Å². The Balaban J connectivity index is -0.000000256. The summed E-state index contributed by atoms with van der Waals surface area (Å²) in [6.07, 6.45) is 0. The Morgan fingerprint density at radius 2 is 1.21 bits per heavy atom. The van der Waals surface area contributed by atoms with Crippen molar-refractivity contribution < 1.29 is 26.0 Å². The van der Waals surface area contributed by atoms with E-state index in [9.17, 15) is 0 Å². The van der Waals surface area contributed by atoms with Crippen molar-refractivity contribution in [2.75, 3.05) is 13.2 Å². The second kappa shape index (κ2) is 14.0. The first-order valence-electron chi connectivity index (χ1n) is 4.87. The fourth-order valence-corrected chi connectivity index (χ4v) is 0.557. The Morgan fingerprint density at radius 3 is 1.37 bits per heavy atom. The number of hydrogen-bond donors (Lipinski definition) is 4. The van der Waals surface area contributed by atoms with E-state index in [-0.39, 0.29) is 28.5 Å². The molecular formula is C8H18N8NiO2. The Bertz CT molecular complexity index is 299. The number of hydrogen-bond acceptors (Lipinski definition) is 4. The predicted octanol–water partition coefficient (Wildman–Crippen LogP) is 0.647. The summed E-state index contributed by atoms with van der Waals surface area (Å²) in [5.41, 5.74) is 23.3. The first kappa shape index (κ1) is 22.2. The van der Waals surface area contributed by atoms with Crippen molar-refractivity contribution in [2.45, 2.75) is 13.8 Å². The van der Waals surface area contributed by atoms with E-state index in [0.717, 1.165) is 0 Å². The minimum Gasteiger partial charge on any atom is -0.502 e. The van der Waals surface area contributed by atoms with E-state index in [1.54, 1.807) is 13.8 Å². The zero-order valence-electron chi connectivity index (χ0n) is 10.6. The van der Waals surface area contributed by atoms with Gasteiger partial charge in [0.1, 0.15) is 11.9 Å². The maximum absolute atomic E-state index is 6.81. The topological polar surface area (TPSA) is 191 Å². The first-order chi connectivity index (χ1) is 8.33. The molecule has 0 aliphatic heterocycles. The molecule has 0 saturated heterocycles. The minimum absolute atomic E-state index is 0. The van der Waals surface area contributed by atoms with Crippen LogP contribution in [0.3, 0.4) is 0 Å². The minimum atomic E-state index is -0.409. The van der Waals surface area contributed by atoms with E-state index in [2.05, 4.69) is 19.5 Å². The van der Waals surface area contributed by atoms with Crippen molar-refractivity contribution in [1.82, 2.24) is 0 Å². The normalized spacial score (nSPS) is 10.4. The van der Waals surface area contributed by atoms with Gasteiger partial charge in [0.15, 0.2) is 0 Å². The maximum atomic E-state index is 6.81. The van der Waals surface area contributed by atoms with Gasteiger partial charge < -0.3 is 42.4 Å². The van der Waals surface area contributed by atoms with Crippen LogP contribution in [-0.4, -0.2) is 37.2 Å². The molecule has 0 aromatic heterocycles. The van der Waals surface area contributed by atoms with Crippen molar-refractivity contribution in [2.24, 2.45) is 21.5 Å². The van der Waals surface area contributed by atoms with Gasteiger partial charge in [-0.2, -0.15) is 0 Å². The molecule has 10 nitrogen and oxygen atoms in total. The van der Waals surface area contributed by atoms with Crippen LogP contribution in [0.25, 0.3) is 11.5 Å². The van der Waals surface area contributed by atoms with Crippen LogP contribution < -0.4 is 11.5 Å². The second-order valence-corrected chi connectivity index (χ2v) is 2.47. The molecule has 0 spiro atoms. The van der Waals surface area contributed by atoms with Gasteiger partial charge in [-0.15, -0.1) is 0 Å². The van der Waals surface area contributed by atoms with Gasteiger partial charge in [0.05, 0.1) is 25.3 Å². The van der Waals surface area contributed by atoms with E-state index < -0.39 is 11.9 Å². The van der Waals surface area contributed by atoms with E-state index in [1.165, 1.54) is 0 Å². The van der Waals surface area contributed by atoms with Crippen molar-refractivity contribution in [3.8, 4) is 0 Å². The molecule has 0 saturated carbocycles. The van der Waals surface area contributed by atoms with E-state index in [0.29, 0.717) is 13.2 Å². The van der Waals surface area contributed by atoms with Gasteiger partial charge in [-0.25, -0.2) is 0 Å². The fraction of sp³-hybridized carbons (Fsp3) is 0.500. The molecule has 112 valence electrons. The molecule has 0 aliphatic rings. The van der Waals surface area contributed by atoms with E-state index in [1.807, 2.05) is 0 Å². The van der Waals surface area contributed by atoms with Crippen LogP contribution in [0.4, 0.5) is 0 Å². The summed E-state index contributed by atoms with van der Waals surface area (Å²) in [7, 11) is 0.